The first-order valence-corrected chi connectivity index (χ1v) is 10.5. The normalized spacial score (nSPS) is 12.2. The van der Waals surface area contributed by atoms with Crippen molar-refractivity contribution in [2.45, 2.75) is 45.9 Å². The molecular formula is C23H30N2O9. The fourth-order valence-corrected chi connectivity index (χ4v) is 2.88. The highest BCUT2D eigenvalue weighted by Crippen LogP contribution is 2.15. The Kier molecular flexibility index (Phi) is 11.4. The van der Waals surface area contributed by atoms with E-state index in [1.165, 1.54) is 34.9 Å². The van der Waals surface area contributed by atoms with Crippen LogP contribution in [0.15, 0.2) is 24.3 Å². The molecule has 0 bridgehead atoms. The molecule has 11 heteroatoms. The van der Waals surface area contributed by atoms with Gasteiger partial charge in [-0.1, -0.05) is 12.1 Å². The zero-order chi connectivity index (χ0) is 25.8. The van der Waals surface area contributed by atoms with Crippen LogP contribution < -0.4 is 4.74 Å². The van der Waals surface area contributed by atoms with Crippen molar-refractivity contribution in [3.8, 4) is 5.75 Å². The van der Waals surface area contributed by atoms with E-state index >= 15 is 0 Å². The van der Waals surface area contributed by atoms with Crippen molar-refractivity contribution in [2.24, 2.45) is 5.92 Å². The minimum absolute atomic E-state index is 0.0181. The molecule has 0 aliphatic carbocycles. The van der Waals surface area contributed by atoms with E-state index in [1.54, 1.807) is 24.3 Å². The van der Waals surface area contributed by atoms with E-state index in [1.807, 2.05) is 0 Å². The van der Waals surface area contributed by atoms with Crippen molar-refractivity contribution in [3.63, 3.8) is 0 Å². The first kappa shape index (κ1) is 28.3. The van der Waals surface area contributed by atoms with Gasteiger partial charge >= 0.3 is 18.0 Å². The lowest BCUT2D eigenvalue weighted by atomic mass is 10.1. The molecule has 11 nitrogen and oxygen atoms in total. The first-order chi connectivity index (χ1) is 16.0. The third kappa shape index (κ3) is 8.30. The van der Waals surface area contributed by atoms with E-state index in [0.717, 1.165) is 9.80 Å². The number of nitrogens with zero attached hydrogens (tertiary/aromatic N) is 2. The Labute approximate surface area is 197 Å². The Hall–Kier alpha value is -3.76. The number of aldehydes is 2. The Morgan fingerprint density at radius 2 is 1.59 bits per heavy atom. The van der Waals surface area contributed by atoms with Crippen LogP contribution in [-0.2, 0) is 40.1 Å². The molecule has 2 unspecified atom stereocenters. The SMILES string of the molecule is COC(=O)C(C)N(CCC(C=O)C=O)C(=O)C(C)N(C)C(=O)OCc1ccc(OC(C)=O)cc1. The second kappa shape index (κ2) is 13.7. The maximum atomic E-state index is 13.1. The van der Waals surface area contributed by atoms with Crippen LogP contribution >= 0.6 is 0 Å². The lowest BCUT2D eigenvalue weighted by Crippen LogP contribution is -2.53. The van der Waals surface area contributed by atoms with E-state index in [4.69, 9.17) is 14.2 Å². The van der Waals surface area contributed by atoms with Gasteiger partial charge in [-0.3, -0.25) is 14.5 Å². The van der Waals surface area contributed by atoms with Gasteiger partial charge in [0.1, 0.15) is 37.0 Å². The number of esters is 2. The van der Waals surface area contributed by atoms with Crippen molar-refractivity contribution in [3.05, 3.63) is 29.8 Å². The van der Waals surface area contributed by atoms with E-state index in [9.17, 15) is 28.8 Å². The Morgan fingerprint density at radius 3 is 2.09 bits per heavy atom. The summed E-state index contributed by atoms with van der Waals surface area (Å²) >= 11 is 0. The minimum atomic E-state index is -1.02. The Morgan fingerprint density at radius 1 is 1.00 bits per heavy atom. The second-order valence-corrected chi connectivity index (χ2v) is 7.53. The van der Waals surface area contributed by atoms with Gasteiger partial charge in [-0.05, 0) is 38.0 Å². The van der Waals surface area contributed by atoms with Crippen LogP contribution in [0.5, 0.6) is 5.75 Å². The van der Waals surface area contributed by atoms with Crippen LogP contribution in [0.2, 0.25) is 0 Å². The number of likely N-dealkylation sites (N-methyl/N-ethyl adjacent to an activating group) is 1. The molecule has 0 N–H and O–H groups in total. The summed E-state index contributed by atoms with van der Waals surface area (Å²) in [5, 5.41) is 0. The zero-order valence-electron chi connectivity index (χ0n) is 19.9. The molecule has 1 rings (SSSR count). The highest BCUT2D eigenvalue weighted by atomic mass is 16.6. The van der Waals surface area contributed by atoms with Crippen LogP contribution in [0.1, 0.15) is 32.8 Å². The molecule has 0 aromatic heterocycles. The summed E-state index contributed by atoms with van der Waals surface area (Å²) in [5.74, 6) is -2.30. The summed E-state index contributed by atoms with van der Waals surface area (Å²) in [6, 6.07) is 4.33. The maximum absolute atomic E-state index is 13.1. The molecule has 0 fully saturated rings. The number of hydrogen-bond acceptors (Lipinski definition) is 9. The molecule has 2 atom stereocenters. The molecule has 1 aromatic carbocycles. The average Bonchev–Trinajstić information content (AvgIpc) is 2.83. The summed E-state index contributed by atoms with van der Waals surface area (Å²) in [6.45, 7) is 4.03. The molecular weight excluding hydrogens is 448 g/mol. The average molecular weight is 478 g/mol. The van der Waals surface area contributed by atoms with Crippen molar-refractivity contribution in [1.82, 2.24) is 9.80 Å². The van der Waals surface area contributed by atoms with Crippen molar-refractivity contribution < 1.29 is 43.0 Å². The molecule has 2 amide bonds. The third-order valence-corrected chi connectivity index (χ3v) is 5.12. The largest absolute Gasteiger partial charge is 0.467 e. The van der Waals surface area contributed by atoms with Gasteiger partial charge in [0.2, 0.25) is 5.91 Å². The molecule has 0 spiro atoms. The maximum Gasteiger partial charge on any atom is 0.410 e. The Bertz CT molecular complexity index is 877. The number of amides is 2. The standard InChI is InChI=1S/C23H30N2O9/c1-15(21(29)25(16(2)22(30)32-5)11-10-19(12-26)13-27)24(4)23(31)33-14-18-6-8-20(9-7-18)34-17(3)28/h6-9,12-13,15-16,19H,10-11,14H2,1-5H3. The lowest BCUT2D eigenvalue weighted by Gasteiger charge is -2.33. The molecule has 186 valence electrons. The van der Waals surface area contributed by atoms with Gasteiger partial charge in [0.05, 0.1) is 13.0 Å². The predicted molar refractivity (Wildman–Crippen MR) is 119 cm³/mol. The highest BCUT2D eigenvalue weighted by Gasteiger charge is 2.33. The smallest absolute Gasteiger partial charge is 0.410 e. The van der Waals surface area contributed by atoms with Crippen molar-refractivity contribution in [1.29, 1.82) is 0 Å². The summed E-state index contributed by atoms with van der Waals surface area (Å²) in [4.78, 5) is 72.7. The van der Waals surface area contributed by atoms with E-state index < -0.39 is 41.9 Å². The number of benzene rings is 1. The van der Waals surface area contributed by atoms with Gasteiger partial charge < -0.3 is 28.7 Å². The molecule has 34 heavy (non-hydrogen) atoms. The summed E-state index contributed by atoms with van der Waals surface area (Å²) in [5.41, 5.74) is 0.631. The molecule has 0 saturated heterocycles. The van der Waals surface area contributed by atoms with Gasteiger partial charge in [-0.25, -0.2) is 9.59 Å². The predicted octanol–water partition coefficient (Wildman–Crippen LogP) is 1.36. The molecule has 0 aliphatic rings. The highest BCUT2D eigenvalue weighted by molar-refractivity contribution is 5.89. The van der Waals surface area contributed by atoms with Crippen molar-refractivity contribution in [2.75, 3.05) is 20.7 Å². The number of hydrogen-bond donors (Lipinski definition) is 0. The zero-order valence-corrected chi connectivity index (χ0v) is 19.9. The summed E-state index contributed by atoms with van der Waals surface area (Å²) in [7, 11) is 2.54. The molecule has 0 aliphatic heterocycles. The molecule has 0 saturated carbocycles. The number of carbonyl (C=O) groups excluding carboxylic acids is 6. The monoisotopic (exact) mass is 478 g/mol. The van der Waals surface area contributed by atoms with E-state index in [0.29, 0.717) is 23.9 Å². The minimum Gasteiger partial charge on any atom is -0.467 e. The van der Waals surface area contributed by atoms with Gasteiger partial charge in [-0.2, -0.15) is 0 Å². The van der Waals surface area contributed by atoms with Gasteiger partial charge in [0, 0.05) is 20.5 Å². The number of rotatable bonds is 12. The van der Waals surface area contributed by atoms with E-state index in [2.05, 4.69) is 0 Å². The summed E-state index contributed by atoms with van der Waals surface area (Å²) in [6.07, 6.45) is 0.160. The van der Waals surface area contributed by atoms with Crippen molar-refractivity contribution >= 4 is 36.5 Å². The quantitative estimate of drug-likeness (QED) is 0.189. The number of methoxy groups -OCH3 is 1. The van der Waals surface area contributed by atoms with Gasteiger partial charge in [-0.15, -0.1) is 0 Å². The summed E-state index contributed by atoms with van der Waals surface area (Å²) < 4.78 is 14.9. The van der Waals surface area contributed by atoms with Crippen LogP contribution in [0.3, 0.4) is 0 Å². The lowest BCUT2D eigenvalue weighted by molar-refractivity contribution is -0.153. The van der Waals surface area contributed by atoms with Crippen LogP contribution in [-0.4, -0.2) is 79.1 Å². The fraction of sp³-hybridized carbons (Fsp3) is 0.478. The fourth-order valence-electron chi connectivity index (χ4n) is 2.88. The van der Waals surface area contributed by atoms with Gasteiger partial charge in [0.25, 0.3) is 0 Å². The Balaban J connectivity index is 2.83. The third-order valence-electron chi connectivity index (χ3n) is 5.12. The number of ether oxygens (including phenoxy) is 3. The molecule has 1 aromatic rings. The van der Waals surface area contributed by atoms with Crippen LogP contribution in [0.25, 0.3) is 0 Å². The van der Waals surface area contributed by atoms with Crippen LogP contribution in [0.4, 0.5) is 4.79 Å². The topological polar surface area (TPSA) is 137 Å². The van der Waals surface area contributed by atoms with Crippen LogP contribution in [0, 0.1) is 5.92 Å². The molecule has 0 heterocycles. The van der Waals surface area contributed by atoms with E-state index in [-0.39, 0.29) is 19.6 Å². The second-order valence-electron chi connectivity index (χ2n) is 7.53. The molecule has 0 radical (unpaired) electrons. The number of carbonyl (C=O) groups is 6. The first-order valence-electron chi connectivity index (χ1n) is 10.5. The van der Waals surface area contributed by atoms with Gasteiger partial charge in [0.15, 0.2) is 0 Å².